The predicted molar refractivity (Wildman–Crippen MR) is 113 cm³/mol. The van der Waals surface area contributed by atoms with Gasteiger partial charge in [0.25, 0.3) is 0 Å². The molecular weight excluding hydrogens is 406 g/mol. The summed E-state index contributed by atoms with van der Waals surface area (Å²) in [5.41, 5.74) is 4.94. The predicted octanol–water partition coefficient (Wildman–Crippen LogP) is 5.24. The number of ether oxygens (including phenoxy) is 1. The first-order valence-electron chi connectivity index (χ1n) is 8.79. The summed E-state index contributed by atoms with van der Waals surface area (Å²) in [5.74, 6) is 1.70. The zero-order valence-electron chi connectivity index (χ0n) is 16.3. The van der Waals surface area contributed by atoms with Crippen molar-refractivity contribution in [2.75, 3.05) is 21.2 Å². The third kappa shape index (κ3) is 4.16. The largest absolute Gasteiger partial charge is 0.496 e. The molecule has 0 fully saturated rings. The van der Waals surface area contributed by atoms with E-state index in [1.165, 1.54) is 0 Å². The van der Waals surface area contributed by atoms with Gasteiger partial charge in [-0.2, -0.15) is 0 Å². The summed E-state index contributed by atoms with van der Waals surface area (Å²) in [4.78, 5) is 12.4. The maximum atomic E-state index is 5.76. The number of hydrogen-bond donors (Lipinski definition) is 0. The number of methoxy groups -OCH3 is 1. The molecule has 1 atom stereocenters. The average Bonchev–Trinajstić information content (AvgIpc) is 3.13. The van der Waals surface area contributed by atoms with E-state index in [2.05, 4.69) is 34.1 Å². The van der Waals surface area contributed by atoms with Crippen molar-refractivity contribution in [2.24, 2.45) is 10.1 Å². The molecule has 0 amide bonds. The van der Waals surface area contributed by atoms with Crippen LogP contribution in [-0.4, -0.2) is 37.7 Å². The molecule has 0 spiro atoms. The normalized spacial score (nSPS) is 16.7. The van der Waals surface area contributed by atoms with Gasteiger partial charge in [-0.15, -0.1) is 0 Å². The van der Waals surface area contributed by atoms with Gasteiger partial charge >= 0.3 is 0 Å². The second-order valence-corrected chi connectivity index (χ2v) is 7.60. The molecular formula is C21H24BrN3O2. The Labute approximate surface area is 168 Å². The SMILES string of the molecule is COc1cc(N=C(C)N(C)C)c(C)cc1C1CC(c2ccccc2Br)=NO1. The van der Waals surface area contributed by atoms with E-state index < -0.39 is 0 Å². The fourth-order valence-electron chi connectivity index (χ4n) is 2.92. The Hall–Kier alpha value is -2.34. The second-order valence-electron chi connectivity index (χ2n) is 6.75. The minimum Gasteiger partial charge on any atom is -0.496 e. The number of aryl methyl sites for hydroxylation is 1. The van der Waals surface area contributed by atoms with E-state index in [1.54, 1.807) is 7.11 Å². The molecule has 142 valence electrons. The molecule has 1 unspecified atom stereocenters. The monoisotopic (exact) mass is 429 g/mol. The highest BCUT2D eigenvalue weighted by atomic mass is 79.9. The molecule has 0 saturated carbocycles. The standard InChI is InChI=1S/C21H24BrN3O2/c1-13-10-16(20(26-5)11-18(13)23-14(2)25(3)4)21-12-19(24-27-21)15-8-6-7-9-17(15)22/h6-11,21H,12H2,1-5H3. The lowest BCUT2D eigenvalue weighted by Gasteiger charge is -2.17. The maximum Gasteiger partial charge on any atom is 0.161 e. The van der Waals surface area contributed by atoms with Gasteiger partial charge in [-0.25, -0.2) is 4.99 Å². The van der Waals surface area contributed by atoms with Crippen LogP contribution >= 0.6 is 15.9 Å². The van der Waals surface area contributed by atoms with Crippen LogP contribution in [0.2, 0.25) is 0 Å². The Kier molecular flexibility index (Phi) is 5.85. The summed E-state index contributed by atoms with van der Waals surface area (Å²) in [6, 6.07) is 12.1. The van der Waals surface area contributed by atoms with Crippen LogP contribution in [0.3, 0.4) is 0 Å². The number of aliphatic imine (C=N–C) groups is 1. The summed E-state index contributed by atoms with van der Waals surface area (Å²) >= 11 is 3.59. The first-order chi connectivity index (χ1) is 12.9. The van der Waals surface area contributed by atoms with Gasteiger partial charge in [0.1, 0.15) is 11.6 Å². The molecule has 1 heterocycles. The molecule has 0 N–H and O–H groups in total. The molecule has 6 heteroatoms. The van der Waals surface area contributed by atoms with E-state index in [-0.39, 0.29) is 6.10 Å². The maximum absolute atomic E-state index is 5.76. The molecule has 3 rings (SSSR count). The molecule has 0 radical (unpaired) electrons. The number of rotatable bonds is 4. The van der Waals surface area contributed by atoms with Gasteiger partial charge in [0.15, 0.2) is 6.10 Å². The molecule has 0 saturated heterocycles. The van der Waals surface area contributed by atoms with E-state index in [9.17, 15) is 0 Å². The van der Waals surface area contributed by atoms with Gasteiger partial charge in [-0.3, -0.25) is 0 Å². The lowest BCUT2D eigenvalue weighted by molar-refractivity contribution is 0.0836. The Bertz CT molecular complexity index is 906. The topological polar surface area (TPSA) is 46.4 Å². The van der Waals surface area contributed by atoms with E-state index in [0.717, 1.165) is 44.1 Å². The van der Waals surface area contributed by atoms with Gasteiger partial charge < -0.3 is 14.5 Å². The molecule has 5 nitrogen and oxygen atoms in total. The molecule has 1 aliphatic rings. The van der Waals surface area contributed by atoms with Gasteiger partial charge in [-0.1, -0.05) is 39.3 Å². The summed E-state index contributed by atoms with van der Waals surface area (Å²) in [6.07, 6.45) is 0.520. The third-order valence-electron chi connectivity index (χ3n) is 4.68. The fraction of sp³-hybridized carbons (Fsp3) is 0.333. The number of hydrogen-bond acceptors (Lipinski definition) is 4. The summed E-state index contributed by atoms with van der Waals surface area (Å²) in [6.45, 7) is 4.03. The van der Waals surface area contributed by atoms with Gasteiger partial charge in [0, 0.05) is 42.2 Å². The fourth-order valence-corrected chi connectivity index (χ4v) is 3.43. The lowest BCUT2D eigenvalue weighted by Crippen LogP contribution is -2.17. The smallest absolute Gasteiger partial charge is 0.161 e. The van der Waals surface area contributed by atoms with Crippen LogP contribution in [0.5, 0.6) is 5.75 Å². The Balaban J connectivity index is 1.89. The summed E-state index contributed by atoms with van der Waals surface area (Å²) < 4.78 is 6.65. The molecule has 0 aliphatic carbocycles. The van der Waals surface area contributed by atoms with Crippen molar-refractivity contribution in [2.45, 2.75) is 26.4 Å². The van der Waals surface area contributed by atoms with Gasteiger partial charge in [0.05, 0.1) is 18.5 Å². The van der Waals surface area contributed by atoms with Gasteiger partial charge in [-0.05, 0) is 31.5 Å². The first-order valence-corrected chi connectivity index (χ1v) is 9.58. The average molecular weight is 430 g/mol. The third-order valence-corrected chi connectivity index (χ3v) is 5.37. The minimum atomic E-state index is -0.172. The van der Waals surface area contributed by atoms with Crippen LogP contribution in [0.25, 0.3) is 0 Å². The number of benzene rings is 2. The van der Waals surface area contributed by atoms with Crippen molar-refractivity contribution < 1.29 is 9.57 Å². The molecule has 2 aromatic rings. The summed E-state index contributed by atoms with van der Waals surface area (Å²) in [7, 11) is 5.63. The van der Waals surface area contributed by atoms with E-state index in [0.29, 0.717) is 6.42 Å². The van der Waals surface area contributed by atoms with Crippen LogP contribution in [0.4, 0.5) is 5.69 Å². The number of halogens is 1. The van der Waals surface area contributed by atoms with E-state index >= 15 is 0 Å². The molecule has 2 aromatic carbocycles. The van der Waals surface area contributed by atoms with Crippen LogP contribution < -0.4 is 4.74 Å². The highest BCUT2D eigenvalue weighted by Gasteiger charge is 2.28. The lowest BCUT2D eigenvalue weighted by atomic mass is 9.97. The van der Waals surface area contributed by atoms with Crippen LogP contribution in [-0.2, 0) is 4.84 Å². The second kappa shape index (κ2) is 8.13. The highest BCUT2D eigenvalue weighted by Crippen LogP contribution is 2.39. The Morgan fingerprint density at radius 1 is 1.30 bits per heavy atom. The number of amidine groups is 1. The zero-order valence-corrected chi connectivity index (χ0v) is 17.9. The molecule has 27 heavy (non-hydrogen) atoms. The van der Waals surface area contributed by atoms with Crippen molar-refractivity contribution in [1.82, 2.24) is 4.90 Å². The van der Waals surface area contributed by atoms with Crippen molar-refractivity contribution in [3.63, 3.8) is 0 Å². The van der Waals surface area contributed by atoms with Crippen molar-refractivity contribution >= 4 is 33.2 Å². The van der Waals surface area contributed by atoms with Crippen molar-refractivity contribution in [3.05, 3.63) is 57.6 Å². The highest BCUT2D eigenvalue weighted by molar-refractivity contribution is 9.10. The molecule has 0 bridgehead atoms. The Morgan fingerprint density at radius 3 is 2.70 bits per heavy atom. The minimum absolute atomic E-state index is 0.172. The van der Waals surface area contributed by atoms with Crippen LogP contribution in [0.1, 0.15) is 36.1 Å². The van der Waals surface area contributed by atoms with Crippen LogP contribution in [0.15, 0.2) is 51.0 Å². The number of nitrogens with zero attached hydrogens (tertiary/aromatic N) is 3. The van der Waals surface area contributed by atoms with Gasteiger partial charge in [0.2, 0.25) is 0 Å². The molecule has 0 aromatic heterocycles. The van der Waals surface area contributed by atoms with Crippen molar-refractivity contribution in [1.29, 1.82) is 0 Å². The summed E-state index contributed by atoms with van der Waals surface area (Å²) in [5, 5.41) is 4.32. The van der Waals surface area contributed by atoms with Crippen molar-refractivity contribution in [3.8, 4) is 5.75 Å². The number of oxime groups is 1. The molecule has 1 aliphatic heterocycles. The Morgan fingerprint density at radius 2 is 2.04 bits per heavy atom. The zero-order chi connectivity index (χ0) is 19.6. The first kappa shape index (κ1) is 19.4. The van der Waals surface area contributed by atoms with E-state index in [4.69, 9.17) is 14.6 Å². The van der Waals surface area contributed by atoms with Crippen LogP contribution in [0, 0.1) is 6.92 Å². The quantitative estimate of drug-likeness (QED) is 0.492. The van der Waals surface area contributed by atoms with E-state index in [1.807, 2.05) is 56.3 Å².